The molecule has 3 aromatic heterocycles. The molecule has 46 heavy (non-hydrogen) atoms. The highest BCUT2D eigenvalue weighted by atomic mass is 19.3. The molecule has 3 aliphatic rings. The number of anilines is 3. The van der Waals surface area contributed by atoms with Crippen LogP contribution < -0.4 is 20.4 Å². The number of rotatable bonds is 8. The van der Waals surface area contributed by atoms with Crippen molar-refractivity contribution in [1.29, 1.82) is 5.26 Å². The van der Waals surface area contributed by atoms with Crippen LogP contribution in [-0.4, -0.2) is 61.9 Å². The summed E-state index contributed by atoms with van der Waals surface area (Å²) in [5.74, 6) is -2.61. The number of nitrogens with zero attached hydrogens (tertiary/aromatic N) is 8. The molecule has 2 aliphatic carbocycles. The fraction of sp³-hybridized carbons (Fsp3) is 0.394. The molecular formula is C33H34F2N10O. The lowest BCUT2D eigenvalue weighted by Gasteiger charge is -2.36. The average molecular weight is 625 g/mol. The second kappa shape index (κ2) is 12.0. The maximum absolute atomic E-state index is 13.8. The van der Waals surface area contributed by atoms with E-state index in [4.69, 9.17) is 4.98 Å². The summed E-state index contributed by atoms with van der Waals surface area (Å²) < 4.78 is 29.3. The van der Waals surface area contributed by atoms with Gasteiger partial charge in [-0.05, 0) is 43.4 Å². The zero-order chi connectivity index (χ0) is 31.8. The van der Waals surface area contributed by atoms with Crippen LogP contribution in [0.5, 0.6) is 0 Å². The van der Waals surface area contributed by atoms with Crippen molar-refractivity contribution in [3.05, 3.63) is 78.4 Å². The van der Waals surface area contributed by atoms with Crippen LogP contribution in [0.3, 0.4) is 0 Å². The SMILES string of the molecule is Cn1cc(-c2ccc(N(C(=O)NCc3ccccc3)[C@H]3CC[C@H](Nc4ncc(C#N)c(N5CC6C(C5)C6(F)F)n4)CC3)nc2)cn1. The van der Waals surface area contributed by atoms with E-state index in [9.17, 15) is 18.8 Å². The van der Waals surface area contributed by atoms with Crippen molar-refractivity contribution in [2.45, 2.75) is 50.2 Å². The van der Waals surface area contributed by atoms with E-state index in [2.05, 4.69) is 31.8 Å². The second-order valence-electron chi connectivity index (χ2n) is 12.3. The number of piperidine rings is 1. The molecule has 0 radical (unpaired) electrons. The molecule has 7 rings (SSSR count). The Kier molecular flexibility index (Phi) is 7.72. The van der Waals surface area contributed by atoms with Gasteiger partial charge in [0.05, 0.1) is 24.2 Å². The number of amides is 2. The Morgan fingerprint density at radius 3 is 2.43 bits per heavy atom. The highest BCUT2D eigenvalue weighted by molar-refractivity contribution is 5.91. The molecule has 13 heteroatoms. The number of urea groups is 1. The van der Waals surface area contributed by atoms with Gasteiger partial charge in [-0.25, -0.2) is 23.5 Å². The van der Waals surface area contributed by atoms with Crippen LogP contribution in [0.1, 0.15) is 36.8 Å². The number of alkyl halides is 2. The summed E-state index contributed by atoms with van der Waals surface area (Å²) in [4.78, 5) is 30.8. The predicted molar refractivity (Wildman–Crippen MR) is 168 cm³/mol. The van der Waals surface area contributed by atoms with Crippen molar-refractivity contribution in [2.24, 2.45) is 18.9 Å². The van der Waals surface area contributed by atoms with Gasteiger partial charge in [0.1, 0.15) is 17.5 Å². The van der Waals surface area contributed by atoms with Crippen LogP contribution in [0.25, 0.3) is 11.1 Å². The number of benzene rings is 1. The molecule has 2 amide bonds. The third-order valence-corrected chi connectivity index (χ3v) is 9.32. The summed E-state index contributed by atoms with van der Waals surface area (Å²) in [5.41, 5.74) is 3.14. The van der Waals surface area contributed by atoms with Gasteiger partial charge in [-0.15, -0.1) is 0 Å². The third kappa shape index (κ3) is 5.82. The smallest absolute Gasteiger partial charge is 0.323 e. The van der Waals surface area contributed by atoms with Gasteiger partial charge < -0.3 is 15.5 Å². The lowest BCUT2D eigenvalue weighted by molar-refractivity contribution is 0.0797. The maximum Gasteiger partial charge on any atom is 0.323 e. The van der Waals surface area contributed by atoms with Crippen molar-refractivity contribution >= 4 is 23.6 Å². The van der Waals surface area contributed by atoms with Crippen LogP contribution in [0.2, 0.25) is 0 Å². The standard InChI is InChI=1S/C33H34F2N10O/c1-43-18-24(17-40-43)22-7-12-29(37-15-22)45(32(46)39-14-21-5-3-2-4-6-21)26-10-8-25(9-11-26)41-31-38-16-23(13-36)30(42-31)44-19-27-28(20-44)33(27,34)35/h2-7,12,15-18,25-28H,8-11,14,19-20H2,1H3,(H,39,46)(H,38,41,42)/t25-,26-,27?,28?. The van der Waals surface area contributed by atoms with Crippen LogP contribution in [0, 0.1) is 23.2 Å². The number of fused-ring (bicyclic) bond motifs is 1. The van der Waals surface area contributed by atoms with E-state index in [1.165, 1.54) is 6.20 Å². The Labute approximate surface area is 265 Å². The number of nitrogens with one attached hydrogen (secondary N) is 2. The van der Waals surface area contributed by atoms with Crippen molar-refractivity contribution in [2.75, 3.05) is 28.2 Å². The molecule has 3 fully saturated rings. The van der Waals surface area contributed by atoms with Crippen molar-refractivity contribution in [1.82, 2.24) is 30.0 Å². The van der Waals surface area contributed by atoms with E-state index in [0.29, 0.717) is 24.1 Å². The highest BCUT2D eigenvalue weighted by Gasteiger charge is 2.72. The van der Waals surface area contributed by atoms with Gasteiger partial charge in [-0.2, -0.15) is 15.3 Å². The van der Waals surface area contributed by atoms with Crippen LogP contribution >= 0.6 is 0 Å². The summed E-state index contributed by atoms with van der Waals surface area (Å²) in [6, 6.07) is 15.4. The van der Waals surface area contributed by atoms with Gasteiger partial charge in [-0.3, -0.25) is 9.58 Å². The lowest BCUT2D eigenvalue weighted by atomic mass is 9.90. The molecule has 236 valence electrons. The number of carbonyl (C=O) groups is 1. The van der Waals surface area contributed by atoms with Crippen molar-refractivity contribution in [3.8, 4) is 17.2 Å². The molecule has 0 spiro atoms. The molecule has 4 heterocycles. The van der Waals surface area contributed by atoms with Crippen LogP contribution in [0.4, 0.5) is 31.2 Å². The predicted octanol–water partition coefficient (Wildman–Crippen LogP) is 4.98. The minimum absolute atomic E-state index is 0.0449. The Hall–Kier alpha value is -5.12. The number of hydrogen-bond donors (Lipinski definition) is 2. The largest absolute Gasteiger partial charge is 0.354 e. The number of pyridine rings is 1. The molecule has 1 aromatic carbocycles. The molecular weight excluding hydrogens is 590 g/mol. The van der Waals surface area contributed by atoms with Gasteiger partial charge in [0.2, 0.25) is 5.95 Å². The van der Waals surface area contributed by atoms with E-state index < -0.39 is 17.8 Å². The van der Waals surface area contributed by atoms with Gasteiger partial charge in [0, 0.05) is 62.3 Å². The van der Waals surface area contributed by atoms with E-state index in [1.54, 1.807) is 26.9 Å². The van der Waals surface area contributed by atoms with E-state index in [0.717, 1.165) is 42.4 Å². The number of aromatic nitrogens is 5. The molecule has 11 nitrogen and oxygen atoms in total. The van der Waals surface area contributed by atoms with Gasteiger partial charge >= 0.3 is 6.03 Å². The van der Waals surface area contributed by atoms with E-state index >= 15 is 0 Å². The van der Waals surface area contributed by atoms with Crippen molar-refractivity contribution < 1.29 is 13.6 Å². The van der Waals surface area contributed by atoms with E-state index in [-0.39, 0.29) is 36.8 Å². The number of carbonyl (C=O) groups excluding carboxylic acids is 1. The third-order valence-electron chi connectivity index (χ3n) is 9.32. The lowest BCUT2D eigenvalue weighted by Crippen LogP contribution is -2.49. The van der Waals surface area contributed by atoms with Crippen LogP contribution in [-0.2, 0) is 13.6 Å². The first-order valence-corrected chi connectivity index (χ1v) is 15.5. The van der Waals surface area contributed by atoms with Gasteiger partial charge in [0.15, 0.2) is 5.82 Å². The maximum atomic E-state index is 13.8. The fourth-order valence-electron chi connectivity index (χ4n) is 6.69. The Bertz CT molecular complexity index is 1730. The summed E-state index contributed by atoms with van der Waals surface area (Å²) >= 11 is 0. The normalized spacial score (nSPS) is 22.9. The Morgan fingerprint density at radius 1 is 1.02 bits per heavy atom. The zero-order valence-corrected chi connectivity index (χ0v) is 25.4. The monoisotopic (exact) mass is 624 g/mol. The minimum Gasteiger partial charge on any atom is -0.354 e. The number of nitriles is 1. The molecule has 4 aromatic rings. The van der Waals surface area contributed by atoms with Crippen LogP contribution in [0.15, 0.2) is 67.3 Å². The number of halogens is 2. The first-order valence-electron chi connectivity index (χ1n) is 15.5. The minimum atomic E-state index is -2.61. The molecule has 2 atom stereocenters. The zero-order valence-electron chi connectivity index (χ0n) is 25.4. The average Bonchev–Trinajstić information content (AvgIpc) is 3.48. The molecule has 1 aliphatic heterocycles. The summed E-state index contributed by atoms with van der Waals surface area (Å²) in [5, 5.41) is 20.3. The van der Waals surface area contributed by atoms with Gasteiger partial charge in [0.25, 0.3) is 5.92 Å². The molecule has 2 saturated carbocycles. The molecule has 0 bridgehead atoms. The fourth-order valence-corrected chi connectivity index (χ4v) is 6.69. The first-order chi connectivity index (χ1) is 22.3. The topological polar surface area (TPSA) is 128 Å². The second-order valence-corrected chi connectivity index (χ2v) is 12.3. The Morgan fingerprint density at radius 2 is 1.78 bits per heavy atom. The quantitative estimate of drug-likeness (QED) is 0.281. The molecule has 2 N–H and O–H groups in total. The Balaban J connectivity index is 1.03. The highest BCUT2D eigenvalue weighted by Crippen LogP contribution is 2.59. The summed E-state index contributed by atoms with van der Waals surface area (Å²) in [6.07, 6.45) is 9.86. The number of hydrogen-bond acceptors (Lipinski definition) is 8. The van der Waals surface area contributed by atoms with Crippen molar-refractivity contribution in [3.63, 3.8) is 0 Å². The summed E-state index contributed by atoms with van der Waals surface area (Å²) in [6.45, 7) is 0.774. The van der Waals surface area contributed by atoms with E-state index in [1.807, 2.05) is 55.7 Å². The van der Waals surface area contributed by atoms with Gasteiger partial charge in [-0.1, -0.05) is 30.3 Å². The molecule has 1 saturated heterocycles. The first kappa shape index (κ1) is 29.6. The number of aryl methyl sites for hydroxylation is 1. The molecule has 2 unspecified atom stereocenters. The summed E-state index contributed by atoms with van der Waals surface area (Å²) in [7, 11) is 1.86.